The van der Waals surface area contributed by atoms with Crippen molar-refractivity contribution in [1.29, 1.82) is 0 Å². The zero-order valence-electron chi connectivity index (χ0n) is 11.3. The Kier molecular flexibility index (Phi) is 6.60. The SMILES string of the molecule is CCOC(=O)CCOc1ccc(C=NN=C(N)N)cc1. The third-order valence-corrected chi connectivity index (χ3v) is 2.14. The molecule has 7 heteroatoms. The average molecular weight is 278 g/mol. The maximum absolute atomic E-state index is 11.1. The number of benzene rings is 1. The molecule has 0 saturated heterocycles. The van der Waals surface area contributed by atoms with E-state index in [9.17, 15) is 4.79 Å². The number of ether oxygens (including phenoxy) is 2. The van der Waals surface area contributed by atoms with Crippen LogP contribution in [0.1, 0.15) is 18.9 Å². The molecule has 0 heterocycles. The highest BCUT2D eigenvalue weighted by molar-refractivity contribution is 5.81. The van der Waals surface area contributed by atoms with Crippen molar-refractivity contribution in [2.24, 2.45) is 21.7 Å². The zero-order valence-corrected chi connectivity index (χ0v) is 11.3. The Morgan fingerprint density at radius 3 is 2.60 bits per heavy atom. The fourth-order valence-corrected chi connectivity index (χ4v) is 1.30. The lowest BCUT2D eigenvalue weighted by Crippen LogP contribution is -2.21. The van der Waals surface area contributed by atoms with Gasteiger partial charge in [-0.05, 0) is 36.8 Å². The molecule has 0 radical (unpaired) electrons. The highest BCUT2D eigenvalue weighted by Crippen LogP contribution is 2.11. The normalized spacial score (nSPS) is 10.2. The predicted octanol–water partition coefficient (Wildman–Crippen LogP) is 0.626. The monoisotopic (exact) mass is 278 g/mol. The summed E-state index contributed by atoms with van der Waals surface area (Å²) >= 11 is 0. The molecule has 7 nitrogen and oxygen atoms in total. The molecular formula is C13H18N4O3. The second-order valence-corrected chi connectivity index (χ2v) is 3.74. The van der Waals surface area contributed by atoms with Crippen LogP contribution in [0.3, 0.4) is 0 Å². The van der Waals surface area contributed by atoms with Gasteiger partial charge < -0.3 is 20.9 Å². The van der Waals surface area contributed by atoms with E-state index >= 15 is 0 Å². The summed E-state index contributed by atoms with van der Waals surface area (Å²) in [7, 11) is 0. The Bertz CT molecular complexity index is 479. The fraction of sp³-hybridized carbons (Fsp3) is 0.308. The van der Waals surface area contributed by atoms with Crippen LogP contribution >= 0.6 is 0 Å². The molecule has 1 aromatic carbocycles. The van der Waals surface area contributed by atoms with E-state index in [-0.39, 0.29) is 25.0 Å². The Morgan fingerprint density at radius 2 is 2.00 bits per heavy atom. The third-order valence-electron chi connectivity index (χ3n) is 2.14. The van der Waals surface area contributed by atoms with E-state index in [0.29, 0.717) is 12.4 Å². The van der Waals surface area contributed by atoms with Crippen LogP contribution < -0.4 is 16.2 Å². The van der Waals surface area contributed by atoms with Gasteiger partial charge in [0.15, 0.2) is 0 Å². The second kappa shape index (κ2) is 8.52. The van der Waals surface area contributed by atoms with Gasteiger partial charge in [0.2, 0.25) is 5.96 Å². The minimum atomic E-state index is -0.270. The number of esters is 1. The van der Waals surface area contributed by atoms with Gasteiger partial charge in [0.25, 0.3) is 0 Å². The zero-order chi connectivity index (χ0) is 14.8. The summed E-state index contributed by atoms with van der Waals surface area (Å²) < 4.78 is 10.2. The fourth-order valence-electron chi connectivity index (χ4n) is 1.30. The van der Waals surface area contributed by atoms with Gasteiger partial charge in [-0.2, -0.15) is 5.10 Å². The van der Waals surface area contributed by atoms with Crippen molar-refractivity contribution in [3.63, 3.8) is 0 Å². The van der Waals surface area contributed by atoms with Gasteiger partial charge in [-0.1, -0.05) is 0 Å². The first-order valence-corrected chi connectivity index (χ1v) is 6.12. The molecule has 0 amide bonds. The highest BCUT2D eigenvalue weighted by Gasteiger charge is 2.01. The van der Waals surface area contributed by atoms with E-state index in [4.69, 9.17) is 20.9 Å². The molecule has 0 unspecified atom stereocenters. The summed E-state index contributed by atoms with van der Waals surface area (Å²) in [6, 6.07) is 7.13. The van der Waals surface area contributed by atoms with E-state index in [0.717, 1.165) is 5.56 Å². The molecule has 0 aliphatic heterocycles. The first-order chi connectivity index (χ1) is 9.61. The number of hydrogen-bond acceptors (Lipinski definition) is 5. The van der Waals surface area contributed by atoms with Crippen LogP contribution in [0.4, 0.5) is 0 Å². The van der Waals surface area contributed by atoms with Crippen LogP contribution in [-0.4, -0.2) is 31.4 Å². The van der Waals surface area contributed by atoms with E-state index < -0.39 is 0 Å². The molecule has 0 aromatic heterocycles. The number of guanidine groups is 1. The van der Waals surface area contributed by atoms with Gasteiger partial charge in [0.1, 0.15) is 5.75 Å². The Hall–Kier alpha value is -2.57. The molecule has 0 fully saturated rings. The van der Waals surface area contributed by atoms with Crippen molar-refractivity contribution >= 4 is 18.1 Å². The number of nitrogens with zero attached hydrogens (tertiary/aromatic N) is 2. The van der Waals surface area contributed by atoms with Crippen LogP contribution in [-0.2, 0) is 9.53 Å². The predicted molar refractivity (Wildman–Crippen MR) is 76.6 cm³/mol. The van der Waals surface area contributed by atoms with Gasteiger partial charge in [-0.15, -0.1) is 5.10 Å². The summed E-state index contributed by atoms with van der Waals surface area (Å²) in [5, 5.41) is 7.18. The highest BCUT2D eigenvalue weighted by atomic mass is 16.5. The molecule has 1 rings (SSSR count). The van der Waals surface area contributed by atoms with Crippen LogP contribution in [0.2, 0.25) is 0 Å². The van der Waals surface area contributed by atoms with Crippen molar-refractivity contribution in [2.75, 3.05) is 13.2 Å². The molecule has 20 heavy (non-hydrogen) atoms. The van der Waals surface area contributed by atoms with Crippen molar-refractivity contribution in [1.82, 2.24) is 0 Å². The van der Waals surface area contributed by atoms with E-state index in [1.165, 1.54) is 6.21 Å². The second-order valence-electron chi connectivity index (χ2n) is 3.74. The number of hydrogen-bond donors (Lipinski definition) is 2. The molecule has 0 atom stereocenters. The number of carbonyl (C=O) groups excluding carboxylic acids is 1. The van der Waals surface area contributed by atoms with Gasteiger partial charge in [-0.3, -0.25) is 4.79 Å². The Labute approximate surface area is 117 Å². The standard InChI is InChI=1S/C13H18N4O3/c1-2-19-12(18)7-8-20-11-5-3-10(4-6-11)9-16-17-13(14)15/h3-6,9H,2,7-8H2,1H3,(H4,14,15,17). The molecule has 0 spiro atoms. The van der Waals surface area contributed by atoms with Gasteiger partial charge in [0.05, 0.1) is 25.8 Å². The van der Waals surface area contributed by atoms with Crippen LogP contribution in [0.15, 0.2) is 34.5 Å². The van der Waals surface area contributed by atoms with Crippen LogP contribution in [0, 0.1) is 0 Å². The van der Waals surface area contributed by atoms with Gasteiger partial charge >= 0.3 is 5.97 Å². The Balaban J connectivity index is 2.41. The lowest BCUT2D eigenvalue weighted by atomic mass is 10.2. The molecule has 0 saturated carbocycles. The van der Waals surface area contributed by atoms with E-state index in [2.05, 4.69) is 10.2 Å². The van der Waals surface area contributed by atoms with E-state index in [1.807, 2.05) is 0 Å². The smallest absolute Gasteiger partial charge is 0.309 e. The molecule has 0 bridgehead atoms. The minimum absolute atomic E-state index is 0.0971. The lowest BCUT2D eigenvalue weighted by molar-refractivity contribution is -0.143. The third kappa shape index (κ3) is 6.39. The van der Waals surface area contributed by atoms with Crippen molar-refractivity contribution in [2.45, 2.75) is 13.3 Å². The summed E-state index contributed by atoms with van der Waals surface area (Å²) in [5.41, 5.74) is 11.1. The molecule has 1 aromatic rings. The molecule has 108 valence electrons. The molecule has 4 N–H and O–H groups in total. The average Bonchev–Trinajstić information content (AvgIpc) is 2.40. The lowest BCUT2D eigenvalue weighted by Gasteiger charge is -2.05. The molecular weight excluding hydrogens is 260 g/mol. The minimum Gasteiger partial charge on any atom is -0.493 e. The van der Waals surface area contributed by atoms with Gasteiger partial charge in [0, 0.05) is 0 Å². The number of nitrogens with two attached hydrogens (primary N) is 2. The van der Waals surface area contributed by atoms with Crippen LogP contribution in [0.5, 0.6) is 5.75 Å². The first-order valence-electron chi connectivity index (χ1n) is 6.12. The first kappa shape index (κ1) is 15.5. The number of carbonyl (C=O) groups is 1. The van der Waals surface area contributed by atoms with Crippen molar-refractivity contribution in [3.8, 4) is 5.75 Å². The van der Waals surface area contributed by atoms with Crippen molar-refractivity contribution < 1.29 is 14.3 Å². The summed E-state index contributed by atoms with van der Waals surface area (Å²) in [4.78, 5) is 11.1. The molecule has 0 aliphatic rings. The maximum atomic E-state index is 11.1. The quantitative estimate of drug-likeness (QED) is 0.329. The summed E-state index contributed by atoms with van der Waals surface area (Å²) in [6.45, 7) is 2.42. The Morgan fingerprint density at radius 1 is 1.30 bits per heavy atom. The largest absolute Gasteiger partial charge is 0.493 e. The number of rotatable bonds is 7. The maximum Gasteiger partial charge on any atom is 0.309 e. The summed E-state index contributed by atoms with van der Waals surface area (Å²) in [5.74, 6) is 0.293. The van der Waals surface area contributed by atoms with Gasteiger partial charge in [-0.25, -0.2) is 0 Å². The summed E-state index contributed by atoms with van der Waals surface area (Å²) in [6.07, 6.45) is 1.74. The molecule has 0 aliphatic carbocycles. The van der Waals surface area contributed by atoms with E-state index in [1.54, 1.807) is 31.2 Å². The van der Waals surface area contributed by atoms with Crippen molar-refractivity contribution in [3.05, 3.63) is 29.8 Å². The van der Waals surface area contributed by atoms with Crippen LogP contribution in [0.25, 0.3) is 0 Å². The topological polar surface area (TPSA) is 112 Å².